The third kappa shape index (κ3) is 2.63. The minimum absolute atomic E-state index is 0.219. The normalized spacial score (nSPS) is 18.7. The highest BCUT2D eigenvalue weighted by Crippen LogP contribution is 2.35. The van der Waals surface area contributed by atoms with Gasteiger partial charge in [0.2, 0.25) is 0 Å². The molecule has 0 atom stereocenters. The van der Waals surface area contributed by atoms with Crippen LogP contribution in [-0.2, 0) is 19.4 Å². The lowest BCUT2D eigenvalue weighted by molar-refractivity contribution is 0.218. The van der Waals surface area contributed by atoms with Crippen molar-refractivity contribution in [3.63, 3.8) is 0 Å². The molecule has 2 aromatic rings. The second kappa shape index (κ2) is 6.25. The third-order valence-corrected chi connectivity index (χ3v) is 5.64. The molecule has 0 saturated carbocycles. The Morgan fingerprint density at radius 3 is 2.54 bits per heavy atom. The highest BCUT2D eigenvalue weighted by Gasteiger charge is 2.22. The van der Waals surface area contributed by atoms with Gasteiger partial charge in [-0.2, -0.15) is 0 Å². The second-order valence-electron chi connectivity index (χ2n) is 7.28. The van der Waals surface area contributed by atoms with Gasteiger partial charge in [0.15, 0.2) is 0 Å². The van der Waals surface area contributed by atoms with Crippen LogP contribution in [0.2, 0.25) is 0 Å². The van der Waals surface area contributed by atoms with Gasteiger partial charge in [0.25, 0.3) is 0 Å². The van der Waals surface area contributed by atoms with Crippen molar-refractivity contribution in [1.29, 1.82) is 0 Å². The van der Waals surface area contributed by atoms with Crippen LogP contribution in [-0.4, -0.2) is 23.1 Å². The largest absolute Gasteiger partial charge is 0.507 e. The second-order valence-corrected chi connectivity index (χ2v) is 7.28. The molecular weight excluding hydrogens is 302 g/mol. The first-order valence-corrected chi connectivity index (χ1v) is 9.17. The minimum atomic E-state index is -0.219. The van der Waals surface area contributed by atoms with Crippen LogP contribution in [0.15, 0.2) is 15.3 Å². The smallest absolute Gasteiger partial charge is 0.339 e. The molecule has 24 heavy (non-hydrogen) atoms. The van der Waals surface area contributed by atoms with E-state index in [-0.39, 0.29) is 11.4 Å². The van der Waals surface area contributed by atoms with E-state index in [2.05, 4.69) is 11.0 Å². The number of rotatable bonds is 2. The Morgan fingerprint density at radius 2 is 1.79 bits per heavy atom. The number of phenols is 1. The van der Waals surface area contributed by atoms with Gasteiger partial charge in [-0.15, -0.1) is 0 Å². The molecule has 1 fully saturated rings. The summed E-state index contributed by atoms with van der Waals surface area (Å²) in [5.41, 5.74) is 4.01. The van der Waals surface area contributed by atoms with E-state index in [0.717, 1.165) is 67.4 Å². The molecule has 1 aromatic carbocycles. The summed E-state index contributed by atoms with van der Waals surface area (Å²) in [6.07, 6.45) is 7.70. The molecule has 0 radical (unpaired) electrons. The van der Waals surface area contributed by atoms with Gasteiger partial charge in [-0.05, 0) is 70.2 Å². The summed E-state index contributed by atoms with van der Waals surface area (Å²) in [6.45, 7) is 4.82. The van der Waals surface area contributed by atoms with Crippen LogP contribution in [0, 0.1) is 6.92 Å². The van der Waals surface area contributed by atoms with Gasteiger partial charge in [0.05, 0.1) is 0 Å². The molecule has 4 rings (SSSR count). The van der Waals surface area contributed by atoms with E-state index >= 15 is 0 Å². The zero-order valence-corrected chi connectivity index (χ0v) is 14.4. The van der Waals surface area contributed by atoms with E-state index in [1.54, 1.807) is 0 Å². The Labute approximate surface area is 142 Å². The van der Waals surface area contributed by atoms with E-state index in [1.165, 1.54) is 19.3 Å². The summed E-state index contributed by atoms with van der Waals surface area (Å²) in [4.78, 5) is 14.7. The van der Waals surface area contributed by atoms with Crippen molar-refractivity contribution in [2.75, 3.05) is 13.1 Å². The number of phenolic OH excluding ortho intramolecular Hbond substituents is 1. The molecule has 0 spiro atoms. The number of piperidine rings is 1. The lowest BCUT2D eigenvalue weighted by Gasteiger charge is -2.27. The molecule has 0 unspecified atom stereocenters. The number of aryl methyl sites for hydroxylation is 2. The average molecular weight is 327 g/mol. The maximum absolute atomic E-state index is 12.3. The topological polar surface area (TPSA) is 53.7 Å². The predicted octanol–water partition coefficient (Wildman–Crippen LogP) is 3.67. The number of likely N-dealkylation sites (tertiary alicyclic amines) is 1. The van der Waals surface area contributed by atoms with Gasteiger partial charge >= 0.3 is 5.63 Å². The SMILES string of the molecule is Cc1c(O)c(CN2CCCCC2)cc2c3c(c(=O)oc12)CCCC3. The van der Waals surface area contributed by atoms with Crippen molar-refractivity contribution in [3.05, 3.63) is 38.7 Å². The molecule has 1 N–H and O–H groups in total. The van der Waals surface area contributed by atoms with Crippen LogP contribution in [0.3, 0.4) is 0 Å². The minimum Gasteiger partial charge on any atom is -0.507 e. The number of hydrogen-bond donors (Lipinski definition) is 1. The Balaban J connectivity index is 1.84. The van der Waals surface area contributed by atoms with Crippen molar-refractivity contribution in [3.8, 4) is 5.75 Å². The van der Waals surface area contributed by atoms with Gasteiger partial charge in [-0.3, -0.25) is 4.90 Å². The summed E-state index contributed by atoms with van der Waals surface area (Å²) >= 11 is 0. The van der Waals surface area contributed by atoms with E-state index in [9.17, 15) is 9.90 Å². The zero-order valence-electron chi connectivity index (χ0n) is 14.4. The molecule has 0 bridgehead atoms. The summed E-state index contributed by atoms with van der Waals surface area (Å²) in [6, 6.07) is 2.07. The molecule has 1 aliphatic heterocycles. The summed E-state index contributed by atoms with van der Waals surface area (Å²) < 4.78 is 5.59. The Bertz CT molecular complexity index is 831. The number of hydrogen-bond acceptors (Lipinski definition) is 4. The fourth-order valence-corrected chi connectivity index (χ4v) is 4.28. The Hall–Kier alpha value is -1.81. The van der Waals surface area contributed by atoms with Gasteiger partial charge < -0.3 is 9.52 Å². The highest BCUT2D eigenvalue weighted by atomic mass is 16.4. The lowest BCUT2D eigenvalue weighted by atomic mass is 9.89. The van der Waals surface area contributed by atoms with Crippen molar-refractivity contribution in [1.82, 2.24) is 4.90 Å². The monoisotopic (exact) mass is 327 g/mol. The first-order chi connectivity index (χ1) is 11.6. The predicted molar refractivity (Wildman–Crippen MR) is 94.7 cm³/mol. The third-order valence-electron chi connectivity index (χ3n) is 5.64. The van der Waals surface area contributed by atoms with E-state index in [1.807, 2.05) is 6.92 Å². The number of nitrogens with zero attached hydrogens (tertiary/aromatic N) is 1. The Kier molecular flexibility index (Phi) is 4.09. The van der Waals surface area contributed by atoms with Crippen LogP contribution in [0.1, 0.15) is 54.4 Å². The number of benzene rings is 1. The molecule has 2 aliphatic rings. The van der Waals surface area contributed by atoms with E-state index in [4.69, 9.17) is 4.42 Å². The molecule has 2 heterocycles. The van der Waals surface area contributed by atoms with Crippen molar-refractivity contribution < 1.29 is 9.52 Å². The molecule has 4 nitrogen and oxygen atoms in total. The molecule has 0 amide bonds. The van der Waals surface area contributed by atoms with Crippen LogP contribution < -0.4 is 5.63 Å². The molecule has 1 aromatic heterocycles. The van der Waals surface area contributed by atoms with E-state index in [0.29, 0.717) is 11.1 Å². The number of aromatic hydroxyl groups is 1. The highest BCUT2D eigenvalue weighted by molar-refractivity contribution is 5.87. The quantitative estimate of drug-likeness (QED) is 0.855. The average Bonchev–Trinajstić information content (AvgIpc) is 2.62. The van der Waals surface area contributed by atoms with Gasteiger partial charge in [0, 0.05) is 28.6 Å². The van der Waals surface area contributed by atoms with Gasteiger partial charge in [-0.25, -0.2) is 4.79 Å². The summed E-state index contributed by atoms with van der Waals surface area (Å²) in [7, 11) is 0. The molecule has 4 heteroatoms. The van der Waals surface area contributed by atoms with Crippen LogP contribution in [0.5, 0.6) is 5.75 Å². The molecule has 1 saturated heterocycles. The van der Waals surface area contributed by atoms with E-state index < -0.39 is 0 Å². The standard InChI is InChI=1S/C20H25NO3/c1-13-18(22)14(12-21-9-5-2-6-10-21)11-17-15-7-3-4-8-16(15)20(23)24-19(13)17/h11,22H,2-10,12H2,1H3. The van der Waals surface area contributed by atoms with Crippen LogP contribution in [0.25, 0.3) is 11.0 Å². The summed E-state index contributed by atoms with van der Waals surface area (Å²) in [5.74, 6) is 0.284. The zero-order chi connectivity index (χ0) is 16.7. The van der Waals surface area contributed by atoms with Gasteiger partial charge in [-0.1, -0.05) is 6.42 Å². The fraction of sp³-hybridized carbons (Fsp3) is 0.550. The molecule has 1 aliphatic carbocycles. The lowest BCUT2D eigenvalue weighted by Crippen LogP contribution is -2.29. The molecular formula is C20H25NO3. The number of fused-ring (bicyclic) bond motifs is 3. The summed E-state index contributed by atoms with van der Waals surface area (Å²) in [5, 5.41) is 11.7. The van der Waals surface area contributed by atoms with Gasteiger partial charge in [0.1, 0.15) is 11.3 Å². The van der Waals surface area contributed by atoms with Crippen molar-refractivity contribution in [2.24, 2.45) is 0 Å². The van der Waals surface area contributed by atoms with Crippen molar-refractivity contribution >= 4 is 11.0 Å². The Morgan fingerprint density at radius 1 is 1.08 bits per heavy atom. The van der Waals surface area contributed by atoms with Crippen molar-refractivity contribution in [2.45, 2.75) is 58.4 Å². The maximum atomic E-state index is 12.3. The first kappa shape index (κ1) is 15.7. The van der Waals surface area contributed by atoms with Crippen LogP contribution >= 0.6 is 0 Å². The molecule has 128 valence electrons. The fourth-order valence-electron chi connectivity index (χ4n) is 4.28. The first-order valence-electron chi connectivity index (χ1n) is 9.17. The van der Waals surface area contributed by atoms with Crippen LogP contribution in [0.4, 0.5) is 0 Å². The maximum Gasteiger partial charge on any atom is 0.339 e.